The lowest BCUT2D eigenvalue weighted by molar-refractivity contribution is -0.0506. The first-order valence-electron chi connectivity index (χ1n) is 12.3. The van der Waals surface area contributed by atoms with Crippen LogP contribution >= 0.6 is 0 Å². The second-order valence-electron chi connectivity index (χ2n) is 9.97. The molecule has 1 aliphatic carbocycles. The molecule has 4 aromatic rings. The number of nitrogens with zero attached hydrogens (tertiary/aromatic N) is 5. The second kappa shape index (κ2) is 9.19. The molecule has 6 rings (SSSR count). The van der Waals surface area contributed by atoms with Crippen LogP contribution in [-0.2, 0) is 15.4 Å². The molecule has 4 heterocycles. The Morgan fingerprint density at radius 2 is 1.85 bits per heavy atom. The van der Waals surface area contributed by atoms with E-state index in [2.05, 4.69) is 15.0 Å². The summed E-state index contributed by atoms with van der Waals surface area (Å²) in [6.45, 7) is -0.875. The molecule has 0 bridgehead atoms. The van der Waals surface area contributed by atoms with Crippen LogP contribution in [0.25, 0.3) is 16.8 Å². The van der Waals surface area contributed by atoms with Gasteiger partial charge in [0.1, 0.15) is 22.8 Å². The van der Waals surface area contributed by atoms with Crippen LogP contribution in [0.1, 0.15) is 36.2 Å². The van der Waals surface area contributed by atoms with Gasteiger partial charge in [-0.1, -0.05) is 18.2 Å². The summed E-state index contributed by atoms with van der Waals surface area (Å²) >= 11 is 0. The van der Waals surface area contributed by atoms with Crippen molar-refractivity contribution in [1.82, 2.24) is 19.4 Å². The highest BCUT2D eigenvalue weighted by Crippen LogP contribution is 2.49. The predicted molar refractivity (Wildman–Crippen MR) is 136 cm³/mol. The molecule has 2 atom stereocenters. The summed E-state index contributed by atoms with van der Waals surface area (Å²) in [5.74, 6) is -0.744. The molecule has 2 aliphatic rings. The smallest absolute Gasteiger partial charge is 0.387 e. The number of hydrogen-bond acceptors (Lipinski definition) is 8. The van der Waals surface area contributed by atoms with E-state index in [0.29, 0.717) is 28.5 Å². The molecule has 204 valence electrons. The molecule has 1 fully saturated rings. The van der Waals surface area contributed by atoms with E-state index in [4.69, 9.17) is 4.74 Å². The first-order chi connectivity index (χ1) is 18.5. The first-order valence-corrected chi connectivity index (χ1v) is 14.1. The average molecular weight is 560 g/mol. The molecule has 1 N–H and O–H groups in total. The van der Waals surface area contributed by atoms with Gasteiger partial charge in [0.25, 0.3) is 0 Å². The third kappa shape index (κ3) is 4.59. The molecule has 3 aromatic heterocycles. The van der Waals surface area contributed by atoms with Gasteiger partial charge in [0.15, 0.2) is 9.84 Å². The molecule has 0 spiro atoms. The molecule has 39 heavy (non-hydrogen) atoms. The van der Waals surface area contributed by atoms with Crippen LogP contribution in [0.5, 0.6) is 5.75 Å². The Labute approximate surface area is 221 Å². The topological polar surface area (TPSA) is 110 Å². The normalized spacial score (nSPS) is 22.4. The number of benzene rings is 1. The highest BCUT2D eigenvalue weighted by molar-refractivity contribution is 7.91. The highest BCUT2D eigenvalue weighted by atomic mass is 32.2. The standard InChI is InChI=1S/C26H24F3N5O4S/c1-26(35)11-17(16-4-2-3-5-20(16)38-24(28)29)22-23(26)32-21-10-19(27)18(14-34(21)22)15-12-30-25(31-13-15)33-6-8-39(36,37)9-7-33/h2-5,10,12-14,17,24,35H,6-9,11H2,1H3. The number of aromatic nitrogens is 4. The fraction of sp³-hybridized carbons (Fsp3) is 0.346. The summed E-state index contributed by atoms with van der Waals surface area (Å²) in [6.07, 6.45) is 4.64. The van der Waals surface area contributed by atoms with Gasteiger partial charge in [-0.15, -0.1) is 0 Å². The van der Waals surface area contributed by atoms with Gasteiger partial charge >= 0.3 is 6.61 Å². The van der Waals surface area contributed by atoms with Crippen molar-refractivity contribution in [3.63, 3.8) is 0 Å². The summed E-state index contributed by atoms with van der Waals surface area (Å²) in [5.41, 5.74) is 0.779. The number of para-hydroxylation sites is 1. The zero-order valence-corrected chi connectivity index (χ0v) is 21.6. The number of imidazole rings is 1. The van der Waals surface area contributed by atoms with E-state index < -0.39 is 33.8 Å². The van der Waals surface area contributed by atoms with Crippen molar-refractivity contribution in [1.29, 1.82) is 0 Å². The molecule has 1 saturated heterocycles. The summed E-state index contributed by atoms with van der Waals surface area (Å²) < 4.78 is 71.4. The SMILES string of the molecule is CC1(O)CC(c2ccccc2OC(F)F)c2c1nc1cc(F)c(-c3cnc(N4CCS(=O)(=O)CC4)nc3)cn21. The summed E-state index contributed by atoms with van der Waals surface area (Å²) in [5, 5.41) is 11.2. The number of aliphatic hydroxyl groups is 1. The van der Waals surface area contributed by atoms with E-state index in [1.54, 1.807) is 34.4 Å². The van der Waals surface area contributed by atoms with E-state index >= 15 is 4.39 Å². The van der Waals surface area contributed by atoms with Gasteiger partial charge in [-0.2, -0.15) is 8.78 Å². The van der Waals surface area contributed by atoms with E-state index in [1.165, 1.54) is 30.7 Å². The van der Waals surface area contributed by atoms with Crippen LogP contribution in [0.2, 0.25) is 0 Å². The number of halogens is 3. The number of rotatable bonds is 5. The summed E-state index contributed by atoms with van der Waals surface area (Å²) in [7, 11) is -3.06. The maximum Gasteiger partial charge on any atom is 0.387 e. The highest BCUT2D eigenvalue weighted by Gasteiger charge is 2.45. The fourth-order valence-corrected chi connectivity index (χ4v) is 6.58. The minimum Gasteiger partial charge on any atom is -0.435 e. The Bertz CT molecular complexity index is 1660. The largest absolute Gasteiger partial charge is 0.435 e. The Morgan fingerprint density at radius 3 is 2.54 bits per heavy atom. The van der Waals surface area contributed by atoms with Gasteiger partial charge in [0.2, 0.25) is 5.95 Å². The molecular weight excluding hydrogens is 535 g/mol. The molecule has 0 saturated carbocycles. The van der Waals surface area contributed by atoms with Gasteiger partial charge in [-0.3, -0.25) is 0 Å². The van der Waals surface area contributed by atoms with Crippen molar-refractivity contribution >= 4 is 21.4 Å². The van der Waals surface area contributed by atoms with E-state index in [0.717, 1.165) is 0 Å². The Hall–Kier alpha value is -3.71. The minimum absolute atomic E-state index is 0.00654. The van der Waals surface area contributed by atoms with Crippen molar-refractivity contribution in [3.8, 4) is 16.9 Å². The summed E-state index contributed by atoms with van der Waals surface area (Å²) in [6, 6.07) is 7.63. The van der Waals surface area contributed by atoms with Crippen molar-refractivity contribution in [2.45, 2.75) is 31.5 Å². The molecule has 9 nitrogen and oxygen atoms in total. The van der Waals surface area contributed by atoms with Gasteiger partial charge in [0, 0.05) is 60.4 Å². The monoisotopic (exact) mass is 559 g/mol. The van der Waals surface area contributed by atoms with Crippen LogP contribution in [0.15, 0.2) is 48.9 Å². The Kier molecular flexibility index (Phi) is 6.03. The molecule has 1 aliphatic heterocycles. The van der Waals surface area contributed by atoms with Crippen LogP contribution in [0.3, 0.4) is 0 Å². The van der Waals surface area contributed by atoms with Gasteiger partial charge in [-0.25, -0.2) is 27.8 Å². The minimum atomic E-state index is -3.06. The lowest BCUT2D eigenvalue weighted by atomic mass is 9.93. The van der Waals surface area contributed by atoms with Crippen LogP contribution in [-0.4, -0.2) is 64.1 Å². The predicted octanol–water partition coefficient (Wildman–Crippen LogP) is 3.51. The van der Waals surface area contributed by atoms with Gasteiger partial charge in [0.05, 0.1) is 22.9 Å². The van der Waals surface area contributed by atoms with Crippen molar-refractivity contribution in [3.05, 3.63) is 71.7 Å². The molecule has 2 unspecified atom stereocenters. The molecule has 1 aromatic carbocycles. The van der Waals surface area contributed by atoms with Gasteiger partial charge < -0.3 is 19.1 Å². The number of hydrogen-bond donors (Lipinski definition) is 1. The fourth-order valence-electron chi connectivity index (χ4n) is 5.38. The maximum absolute atomic E-state index is 15.3. The third-order valence-electron chi connectivity index (χ3n) is 7.28. The van der Waals surface area contributed by atoms with E-state index in [9.17, 15) is 22.3 Å². The van der Waals surface area contributed by atoms with Crippen LogP contribution in [0, 0.1) is 5.82 Å². The Morgan fingerprint density at radius 1 is 1.15 bits per heavy atom. The number of ether oxygens (including phenoxy) is 1. The molecule has 13 heteroatoms. The zero-order chi connectivity index (χ0) is 27.5. The lowest BCUT2D eigenvalue weighted by Gasteiger charge is -2.26. The molecular formula is C26H24F3N5O4S. The van der Waals surface area contributed by atoms with Crippen molar-refractivity contribution < 1.29 is 31.4 Å². The zero-order valence-electron chi connectivity index (χ0n) is 20.8. The second-order valence-corrected chi connectivity index (χ2v) is 12.3. The average Bonchev–Trinajstić information content (AvgIpc) is 3.38. The van der Waals surface area contributed by atoms with E-state index in [1.807, 2.05) is 0 Å². The summed E-state index contributed by atoms with van der Waals surface area (Å²) in [4.78, 5) is 14.9. The van der Waals surface area contributed by atoms with Crippen molar-refractivity contribution in [2.75, 3.05) is 29.5 Å². The molecule has 0 amide bonds. The lowest BCUT2D eigenvalue weighted by Crippen LogP contribution is -2.41. The van der Waals surface area contributed by atoms with Crippen LogP contribution in [0.4, 0.5) is 19.1 Å². The van der Waals surface area contributed by atoms with E-state index in [-0.39, 0.29) is 48.0 Å². The first kappa shape index (κ1) is 25.6. The van der Waals surface area contributed by atoms with Gasteiger partial charge in [-0.05, 0) is 19.4 Å². The third-order valence-corrected chi connectivity index (χ3v) is 8.88. The quantitative estimate of drug-likeness (QED) is 0.396. The number of sulfone groups is 1. The number of fused-ring (bicyclic) bond motifs is 3. The van der Waals surface area contributed by atoms with Crippen LogP contribution < -0.4 is 9.64 Å². The number of pyridine rings is 1. The number of anilines is 1. The Balaban J connectivity index is 1.41. The number of alkyl halides is 2. The maximum atomic E-state index is 15.3. The molecule has 0 radical (unpaired) electrons. The van der Waals surface area contributed by atoms with Crippen molar-refractivity contribution in [2.24, 2.45) is 0 Å².